The van der Waals surface area contributed by atoms with Gasteiger partial charge < -0.3 is 10.1 Å². The van der Waals surface area contributed by atoms with Gasteiger partial charge in [-0.25, -0.2) is 4.79 Å². The topological polar surface area (TPSA) is 55.4 Å². The standard InChI is InChI=1S/C20H31NO3S/c1-4-5-6-7-8-9-10-17(22)21-19-18(20(23)24-3)15-12-11-14(2)13-16(15)25-19/h14H,4-13H2,1-3H3,(H,21,22). The predicted octanol–water partition coefficient (Wildman–Crippen LogP) is 5.35. The van der Waals surface area contributed by atoms with Crippen LogP contribution in [-0.4, -0.2) is 19.0 Å². The fraction of sp³-hybridized carbons (Fsp3) is 0.700. The second-order valence-corrected chi connectivity index (χ2v) is 8.22. The van der Waals surface area contributed by atoms with Crippen LogP contribution >= 0.6 is 11.3 Å². The van der Waals surface area contributed by atoms with Gasteiger partial charge in [-0.1, -0.05) is 46.0 Å². The van der Waals surface area contributed by atoms with Crippen molar-refractivity contribution in [3.63, 3.8) is 0 Å². The number of carbonyl (C=O) groups is 2. The van der Waals surface area contributed by atoms with Crippen LogP contribution in [0, 0.1) is 5.92 Å². The minimum absolute atomic E-state index is 0.00675. The second-order valence-electron chi connectivity index (χ2n) is 7.11. The molecule has 0 spiro atoms. The fourth-order valence-electron chi connectivity index (χ4n) is 3.41. The number of ether oxygens (including phenoxy) is 1. The van der Waals surface area contributed by atoms with Gasteiger partial charge in [0.25, 0.3) is 0 Å². The summed E-state index contributed by atoms with van der Waals surface area (Å²) in [5.74, 6) is 0.303. The molecule has 0 radical (unpaired) electrons. The molecule has 0 aromatic carbocycles. The molecule has 140 valence electrons. The number of anilines is 1. The Labute approximate surface area is 155 Å². The van der Waals surface area contributed by atoms with Crippen molar-refractivity contribution in [3.05, 3.63) is 16.0 Å². The normalized spacial score (nSPS) is 16.4. The summed E-state index contributed by atoms with van der Waals surface area (Å²) in [6.07, 6.45) is 10.4. The monoisotopic (exact) mass is 365 g/mol. The Kier molecular flexibility index (Phi) is 7.94. The molecule has 1 amide bonds. The molecule has 1 aromatic rings. The van der Waals surface area contributed by atoms with E-state index in [9.17, 15) is 9.59 Å². The van der Waals surface area contributed by atoms with Crippen molar-refractivity contribution in [1.82, 2.24) is 0 Å². The first-order valence-electron chi connectivity index (χ1n) is 9.59. The van der Waals surface area contributed by atoms with Crippen LogP contribution in [-0.2, 0) is 22.4 Å². The van der Waals surface area contributed by atoms with E-state index >= 15 is 0 Å². The van der Waals surface area contributed by atoms with Crippen molar-refractivity contribution in [3.8, 4) is 0 Å². The van der Waals surface area contributed by atoms with Crippen LogP contribution in [0.4, 0.5) is 5.00 Å². The van der Waals surface area contributed by atoms with Gasteiger partial charge in [0.2, 0.25) is 5.91 Å². The molecule has 2 rings (SSSR count). The lowest BCUT2D eigenvalue weighted by molar-refractivity contribution is -0.116. The average molecular weight is 366 g/mol. The van der Waals surface area contributed by atoms with E-state index in [2.05, 4.69) is 19.2 Å². The van der Waals surface area contributed by atoms with Crippen LogP contribution in [0.3, 0.4) is 0 Å². The van der Waals surface area contributed by atoms with Crippen LogP contribution < -0.4 is 5.32 Å². The lowest BCUT2D eigenvalue weighted by Crippen LogP contribution is -2.15. The van der Waals surface area contributed by atoms with Gasteiger partial charge in [-0.2, -0.15) is 0 Å². The minimum atomic E-state index is -0.332. The number of esters is 1. The molecule has 0 saturated carbocycles. The van der Waals surface area contributed by atoms with Crippen LogP contribution in [0.1, 0.15) is 86.0 Å². The van der Waals surface area contributed by atoms with Crippen molar-refractivity contribution < 1.29 is 14.3 Å². The van der Waals surface area contributed by atoms with Crippen molar-refractivity contribution in [2.45, 2.75) is 78.1 Å². The number of rotatable bonds is 9. The lowest BCUT2D eigenvalue weighted by atomic mass is 9.88. The summed E-state index contributed by atoms with van der Waals surface area (Å²) in [7, 11) is 1.40. The first-order valence-corrected chi connectivity index (χ1v) is 10.4. The van der Waals surface area contributed by atoms with Crippen molar-refractivity contribution in [2.75, 3.05) is 12.4 Å². The maximum Gasteiger partial charge on any atom is 0.341 e. The van der Waals surface area contributed by atoms with Crippen LogP contribution in [0.25, 0.3) is 0 Å². The third-order valence-corrected chi connectivity index (χ3v) is 6.08. The summed E-state index contributed by atoms with van der Waals surface area (Å²) in [6.45, 7) is 4.44. The number of hydrogen-bond donors (Lipinski definition) is 1. The van der Waals surface area contributed by atoms with Crippen LogP contribution in [0.2, 0.25) is 0 Å². The van der Waals surface area contributed by atoms with Crippen molar-refractivity contribution in [1.29, 1.82) is 0 Å². The zero-order valence-corrected chi connectivity index (χ0v) is 16.6. The number of fused-ring (bicyclic) bond motifs is 1. The first-order chi connectivity index (χ1) is 12.1. The van der Waals surface area contributed by atoms with Gasteiger partial charge in [-0.3, -0.25) is 4.79 Å². The Morgan fingerprint density at radius 2 is 1.92 bits per heavy atom. The van der Waals surface area contributed by atoms with Crippen molar-refractivity contribution >= 4 is 28.2 Å². The van der Waals surface area contributed by atoms with Gasteiger partial charge >= 0.3 is 5.97 Å². The molecule has 5 heteroatoms. The molecule has 25 heavy (non-hydrogen) atoms. The summed E-state index contributed by atoms with van der Waals surface area (Å²) in [6, 6.07) is 0. The Balaban J connectivity index is 1.96. The van der Waals surface area contributed by atoms with Gasteiger partial charge in [0.05, 0.1) is 12.7 Å². The summed E-state index contributed by atoms with van der Waals surface area (Å²) >= 11 is 1.56. The number of unbranched alkanes of at least 4 members (excludes halogenated alkanes) is 5. The summed E-state index contributed by atoms with van der Waals surface area (Å²) in [5, 5.41) is 3.66. The molecule has 1 atom stereocenters. The number of methoxy groups -OCH3 is 1. The molecular weight excluding hydrogens is 334 g/mol. The van der Waals surface area contributed by atoms with Crippen LogP contribution in [0.15, 0.2) is 0 Å². The fourth-order valence-corrected chi connectivity index (χ4v) is 4.83. The van der Waals surface area contributed by atoms with Gasteiger partial charge in [-0.05, 0) is 37.2 Å². The smallest absolute Gasteiger partial charge is 0.341 e. The van der Waals surface area contributed by atoms with Gasteiger partial charge in [0.15, 0.2) is 0 Å². The third-order valence-electron chi connectivity index (χ3n) is 4.91. The molecule has 1 N–H and O–H groups in total. The Morgan fingerprint density at radius 1 is 1.20 bits per heavy atom. The molecule has 0 fully saturated rings. The largest absolute Gasteiger partial charge is 0.465 e. The quantitative estimate of drug-likeness (QED) is 0.474. The number of thiophene rings is 1. The maximum atomic E-state index is 12.3. The molecule has 0 saturated heterocycles. The highest BCUT2D eigenvalue weighted by molar-refractivity contribution is 7.17. The maximum absolute atomic E-state index is 12.3. The molecule has 1 aliphatic rings. The molecule has 1 aromatic heterocycles. The minimum Gasteiger partial charge on any atom is -0.465 e. The van der Waals surface area contributed by atoms with E-state index in [1.807, 2.05) is 0 Å². The summed E-state index contributed by atoms with van der Waals surface area (Å²) < 4.78 is 4.96. The Hall–Kier alpha value is -1.36. The van der Waals surface area contributed by atoms with Gasteiger partial charge in [0, 0.05) is 11.3 Å². The van der Waals surface area contributed by atoms with E-state index in [4.69, 9.17) is 4.74 Å². The number of amides is 1. The van der Waals surface area contributed by atoms with Crippen molar-refractivity contribution in [2.24, 2.45) is 5.92 Å². The number of carbonyl (C=O) groups excluding carboxylic acids is 2. The summed E-state index contributed by atoms with van der Waals surface area (Å²) in [4.78, 5) is 25.7. The molecule has 1 heterocycles. The predicted molar refractivity (Wildman–Crippen MR) is 103 cm³/mol. The molecule has 1 aliphatic carbocycles. The van der Waals surface area contributed by atoms with Crippen LogP contribution in [0.5, 0.6) is 0 Å². The number of hydrogen-bond acceptors (Lipinski definition) is 4. The molecule has 4 nitrogen and oxygen atoms in total. The SMILES string of the molecule is CCCCCCCCC(=O)Nc1sc2c(c1C(=O)OC)CCC(C)C2. The average Bonchev–Trinajstić information content (AvgIpc) is 2.94. The number of nitrogens with one attached hydrogen (secondary N) is 1. The molecular formula is C20H31NO3S. The van der Waals surface area contributed by atoms with E-state index in [-0.39, 0.29) is 11.9 Å². The second kappa shape index (κ2) is 9.95. The zero-order chi connectivity index (χ0) is 18.2. The van der Waals surface area contributed by atoms with E-state index in [0.29, 0.717) is 22.9 Å². The van der Waals surface area contributed by atoms with E-state index in [0.717, 1.165) is 37.7 Å². The molecule has 1 unspecified atom stereocenters. The van der Waals surface area contributed by atoms with Gasteiger partial charge in [-0.15, -0.1) is 11.3 Å². The summed E-state index contributed by atoms with van der Waals surface area (Å²) in [5.41, 5.74) is 1.68. The zero-order valence-electron chi connectivity index (χ0n) is 15.8. The molecule has 0 aliphatic heterocycles. The van der Waals surface area contributed by atoms with E-state index < -0.39 is 0 Å². The van der Waals surface area contributed by atoms with E-state index in [1.54, 1.807) is 11.3 Å². The Bertz CT molecular complexity index is 594. The highest BCUT2D eigenvalue weighted by Gasteiger charge is 2.28. The lowest BCUT2D eigenvalue weighted by Gasteiger charge is -2.18. The first kappa shape index (κ1) is 20.0. The van der Waals surface area contributed by atoms with E-state index in [1.165, 1.54) is 37.7 Å². The third kappa shape index (κ3) is 5.56. The highest BCUT2D eigenvalue weighted by atomic mass is 32.1. The van der Waals surface area contributed by atoms with Gasteiger partial charge in [0.1, 0.15) is 5.00 Å². The highest BCUT2D eigenvalue weighted by Crippen LogP contribution is 2.40. The molecule has 0 bridgehead atoms. The Morgan fingerprint density at radius 3 is 2.64 bits per heavy atom.